The summed E-state index contributed by atoms with van der Waals surface area (Å²) in [6, 6.07) is 27.9. The Morgan fingerprint density at radius 3 is 0.790 bits per heavy atom. The van der Waals surface area contributed by atoms with Crippen LogP contribution in [-0.2, 0) is 74.1 Å². The summed E-state index contributed by atoms with van der Waals surface area (Å²) in [5, 5.41) is 12.5. The number of aromatic nitrogens is 4. The van der Waals surface area contributed by atoms with Gasteiger partial charge in [-0.3, -0.25) is 38.4 Å². The molecule has 1 radical (unpaired) electrons. The van der Waals surface area contributed by atoms with E-state index in [4.69, 9.17) is 57.8 Å². The minimum atomic E-state index is -0.738. The number of carbonyl (C=O) groups excluding carboxylic acids is 8. The molecule has 25 heteroatoms. The van der Waals surface area contributed by atoms with Gasteiger partial charge in [-0.2, -0.15) is 0 Å². The summed E-state index contributed by atoms with van der Waals surface area (Å²) in [6.45, 7) is 8.35. The minimum Gasteiger partial charge on any atom is -0.657 e. The van der Waals surface area contributed by atoms with E-state index in [0.29, 0.717) is 104 Å². The quantitative estimate of drug-likeness (QED) is 0.0261. The predicted molar refractivity (Wildman–Crippen MR) is 391 cm³/mol. The third-order valence-electron chi connectivity index (χ3n) is 19.1. The van der Waals surface area contributed by atoms with Crippen LogP contribution in [-0.4, -0.2) is 112 Å². The number of hydrogen-bond donors (Lipinski definition) is 4. The number of amides is 4. The zero-order chi connectivity index (χ0) is 73.0. The van der Waals surface area contributed by atoms with Gasteiger partial charge >= 0.3 is 40.7 Å². The van der Waals surface area contributed by atoms with Gasteiger partial charge in [0.2, 0.25) is 23.6 Å². The van der Waals surface area contributed by atoms with E-state index in [1.54, 1.807) is 121 Å². The molecule has 6 aliphatic rings. The summed E-state index contributed by atoms with van der Waals surface area (Å²) in [6.07, 6.45) is 10.5. The molecule has 4 saturated carbocycles. The van der Waals surface area contributed by atoms with Gasteiger partial charge in [0, 0.05) is 22.3 Å². The number of rotatable bonds is 28. The van der Waals surface area contributed by atoms with Crippen molar-refractivity contribution < 1.29 is 93.0 Å². The molecule has 8 atom stereocenters. The Morgan fingerprint density at radius 1 is 0.333 bits per heavy atom. The Balaban J connectivity index is 0.0000104. The fourth-order valence-corrected chi connectivity index (χ4v) is 13.5. The van der Waals surface area contributed by atoms with Crippen LogP contribution in [0.5, 0.6) is 23.0 Å². The Bertz CT molecular complexity index is 4390. The van der Waals surface area contributed by atoms with E-state index in [-0.39, 0.29) is 125 Å². The van der Waals surface area contributed by atoms with Crippen molar-refractivity contribution in [3.05, 3.63) is 120 Å². The number of carbonyl (C=O) groups is 8. The van der Waals surface area contributed by atoms with Crippen molar-refractivity contribution in [3.8, 4) is 67.5 Å². The molecular weight excluding hydrogens is 1390 g/mol. The van der Waals surface area contributed by atoms with Crippen molar-refractivity contribution in [1.82, 2.24) is 19.9 Å². The molecule has 0 spiro atoms. The standard InChI is InChI=1S/C80H82N8O16.Co/c1-9-33-101-77(93)45-37-41(45)73(89)85-49-17-13-18-50(86-74(90)42-38-46(42)78(94)102-34-10-2)65(49)67-53-25-29-57(81-53)69(71-61(97-5)21-15-22-62(71)98-6)59-31-27-55(83-59)68(56-28-32-60(84-56)70(58-30-26-54(67)82-58)72-63(99-7)23-16-24-64(72)100-8)66-51(87-75(91)43-39-47(43)79(95)103-35-11-3)19-14-20-52(66)88-76(92)44-40-48(44)80(96)104-36-12-4;/h13-32,41-48H,9-12,33-40H2,1-8H3,(H6,81,82,83,84,85,86,87,88,89,90,91,92);/q;+2/p-2/t41-,42?,43-,44?,45?,46?,47?,48?;/m0./s1. The Morgan fingerprint density at radius 2 is 0.562 bits per heavy atom. The number of esters is 4. The van der Waals surface area contributed by atoms with E-state index in [9.17, 15) is 38.4 Å². The minimum absolute atomic E-state index is 0. The summed E-state index contributed by atoms with van der Waals surface area (Å²) in [5.74, 6) is -7.98. The maximum absolute atomic E-state index is 14.7. The van der Waals surface area contributed by atoms with Crippen molar-refractivity contribution >= 4 is 117 Å². The second-order valence-corrected chi connectivity index (χ2v) is 26.3. The van der Waals surface area contributed by atoms with Crippen LogP contribution in [0.25, 0.3) is 90.9 Å². The number of methoxy groups -OCH3 is 4. The molecule has 7 aromatic rings. The SMILES string of the molecule is CCCOC(=O)C1CC1C(=O)Nc1cccc(NC(=O)[C@H]2CC2C(=O)OCCC)c1-c1c2nc(c(-c3c(OC)cccc3OC)c3ccc([n-]3)c(-c3c(NC(=O)C4CC4C(=O)OCCC)cccc3NC(=O)[C@H]3CC3C(=O)OCCC)c3nc(c(-c4c(OC)cccc4OC)c4ccc1[n-]4)C=C3)C=C2.[Co+2]. The van der Waals surface area contributed by atoms with Crippen molar-refractivity contribution in [3.63, 3.8) is 0 Å². The van der Waals surface area contributed by atoms with Crippen LogP contribution in [0.15, 0.2) is 97.1 Å². The zero-order valence-corrected chi connectivity index (χ0v) is 60.3. The summed E-state index contributed by atoms with van der Waals surface area (Å²) < 4.78 is 46.6. The Labute approximate surface area is 616 Å². The summed E-state index contributed by atoms with van der Waals surface area (Å²) in [4.78, 5) is 134. The van der Waals surface area contributed by atoms with Crippen molar-refractivity contribution in [2.24, 2.45) is 47.3 Å². The number of nitrogens with one attached hydrogen (secondary N) is 4. The maximum Gasteiger partial charge on any atom is 2.00 e. The monoisotopic (exact) mass is 1470 g/mol. The van der Waals surface area contributed by atoms with E-state index in [0.717, 1.165) is 0 Å². The summed E-state index contributed by atoms with van der Waals surface area (Å²) >= 11 is 0. The van der Waals surface area contributed by atoms with Crippen molar-refractivity contribution in [2.75, 3.05) is 76.1 Å². The van der Waals surface area contributed by atoms with Gasteiger partial charge in [0.25, 0.3) is 0 Å². The van der Waals surface area contributed by atoms with E-state index >= 15 is 0 Å². The molecule has 5 heterocycles. The third kappa shape index (κ3) is 15.2. The second kappa shape index (κ2) is 31.9. The molecule has 4 N–H and O–H groups in total. The Hall–Kier alpha value is -11.1. The van der Waals surface area contributed by atoms with Gasteiger partial charge in [0.15, 0.2) is 0 Å². The smallest absolute Gasteiger partial charge is 0.657 e. The summed E-state index contributed by atoms with van der Waals surface area (Å²) in [5.41, 5.74) is 6.11. The van der Waals surface area contributed by atoms with E-state index < -0.39 is 94.8 Å². The van der Waals surface area contributed by atoms with Gasteiger partial charge < -0.3 is 69.1 Å². The zero-order valence-electron chi connectivity index (χ0n) is 59.3. The first-order valence-electron chi connectivity index (χ1n) is 35.2. The van der Waals surface area contributed by atoms with Crippen LogP contribution in [0.4, 0.5) is 22.7 Å². The average molecular weight is 1470 g/mol. The molecule has 545 valence electrons. The van der Waals surface area contributed by atoms with Gasteiger partial charge in [-0.1, -0.05) is 76.2 Å². The molecule has 105 heavy (non-hydrogen) atoms. The molecule has 2 aliphatic heterocycles. The molecular formula is C80H80CoN8O16. The maximum atomic E-state index is 14.7. The largest absolute Gasteiger partial charge is 2.00 e. The van der Waals surface area contributed by atoms with Gasteiger partial charge in [0.05, 0.1) is 159 Å². The first-order chi connectivity index (χ1) is 50.5. The van der Waals surface area contributed by atoms with Gasteiger partial charge in [-0.05, 0) is 135 Å². The number of nitrogens with zero attached hydrogens (tertiary/aromatic N) is 4. The van der Waals surface area contributed by atoms with E-state index in [2.05, 4.69) is 21.3 Å². The molecule has 8 bridgehead atoms. The average Bonchev–Trinajstić information content (AvgIpc) is 1.61. The Kier molecular flexibility index (Phi) is 22.4. The number of benzene rings is 4. The molecule has 4 aliphatic carbocycles. The van der Waals surface area contributed by atoms with Crippen LogP contribution >= 0.6 is 0 Å². The number of anilines is 4. The van der Waals surface area contributed by atoms with Crippen molar-refractivity contribution in [1.29, 1.82) is 0 Å². The van der Waals surface area contributed by atoms with E-state index in [1.165, 1.54) is 28.4 Å². The molecule has 24 nitrogen and oxygen atoms in total. The molecule has 6 unspecified atom stereocenters. The first kappa shape index (κ1) is 73.7. The fourth-order valence-electron chi connectivity index (χ4n) is 13.5. The van der Waals surface area contributed by atoms with Gasteiger partial charge in [-0.15, -0.1) is 22.1 Å². The van der Waals surface area contributed by atoms with Crippen LogP contribution in [0.2, 0.25) is 0 Å². The first-order valence-corrected chi connectivity index (χ1v) is 35.2. The third-order valence-corrected chi connectivity index (χ3v) is 19.1. The van der Waals surface area contributed by atoms with Crippen LogP contribution in [0.1, 0.15) is 102 Å². The normalized spacial score (nSPS) is 19.0. The molecule has 3 aromatic heterocycles. The van der Waals surface area contributed by atoms with Crippen LogP contribution < -0.4 is 50.2 Å². The molecule has 4 aromatic carbocycles. The predicted octanol–water partition coefficient (Wildman–Crippen LogP) is 12.7. The molecule has 13 rings (SSSR count). The summed E-state index contributed by atoms with van der Waals surface area (Å²) in [7, 11) is 6.10. The number of hydrogen-bond acceptors (Lipinski definition) is 18. The van der Waals surface area contributed by atoms with Crippen molar-refractivity contribution in [2.45, 2.75) is 79.1 Å². The fraction of sp³-hybridized carbons (Fsp3) is 0.350. The number of fused-ring (bicyclic) bond motifs is 8. The van der Waals surface area contributed by atoms with Crippen LogP contribution in [0, 0.1) is 47.3 Å². The second-order valence-electron chi connectivity index (χ2n) is 26.3. The van der Waals surface area contributed by atoms with Gasteiger partial charge in [-0.25, -0.2) is 9.97 Å². The molecule has 4 amide bonds. The van der Waals surface area contributed by atoms with Gasteiger partial charge in [0.1, 0.15) is 23.0 Å². The number of ether oxygens (including phenoxy) is 8. The molecule has 4 fully saturated rings. The molecule has 0 saturated heterocycles. The topological polar surface area (TPSA) is 312 Å². The van der Waals surface area contributed by atoms with Crippen LogP contribution in [0.3, 0.4) is 0 Å². The van der Waals surface area contributed by atoms with E-state index in [1.807, 2.05) is 27.7 Å².